The van der Waals surface area contributed by atoms with Gasteiger partial charge in [-0.2, -0.15) is 0 Å². The summed E-state index contributed by atoms with van der Waals surface area (Å²) in [5.41, 5.74) is 4.44. The molecule has 0 bridgehead atoms. The van der Waals surface area contributed by atoms with Gasteiger partial charge in [0, 0.05) is 21.8 Å². The van der Waals surface area contributed by atoms with Gasteiger partial charge in [-0.3, -0.25) is 4.79 Å². The third-order valence-electron chi connectivity index (χ3n) is 4.69. The van der Waals surface area contributed by atoms with Gasteiger partial charge in [-0.25, -0.2) is 8.42 Å². The molecule has 1 aliphatic rings. The van der Waals surface area contributed by atoms with Crippen LogP contribution < -0.4 is 15.6 Å². The summed E-state index contributed by atoms with van der Waals surface area (Å²) < 4.78 is 25.4. The Morgan fingerprint density at radius 2 is 1.61 bits per heavy atom. The summed E-state index contributed by atoms with van der Waals surface area (Å²) in [4.78, 5) is 14.6. The zero-order valence-corrected chi connectivity index (χ0v) is 17.6. The van der Waals surface area contributed by atoms with Crippen LogP contribution in [0.3, 0.4) is 0 Å². The molecule has 3 N–H and O–H groups in total. The van der Waals surface area contributed by atoms with Crippen LogP contribution in [0.15, 0.2) is 64.5 Å². The minimum atomic E-state index is -3.71. The van der Waals surface area contributed by atoms with Crippen LogP contribution in [0.5, 0.6) is 0 Å². The molecular weight excluding hydrogens is 442 g/mol. The van der Waals surface area contributed by atoms with Crippen molar-refractivity contribution < 1.29 is 13.2 Å². The Balaban J connectivity index is 1.57. The van der Waals surface area contributed by atoms with Crippen molar-refractivity contribution >= 4 is 43.2 Å². The number of sulfonamides is 1. The average molecular weight is 464 g/mol. The number of benzene rings is 2. The van der Waals surface area contributed by atoms with Crippen molar-refractivity contribution in [3.63, 3.8) is 0 Å². The van der Waals surface area contributed by atoms with E-state index in [-0.39, 0.29) is 16.7 Å². The molecule has 1 saturated carbocycles. The zero-order chi connectivity index (χ0) is 20.1. The first-order chi connectivity index (χ1) is 13.3. The summed E-state index contributed by atoms with van der Waals surface area (Å²) in [6.07, 6.45) is 4.11. The van der Waals surface area contributed by atoms with E-state index in [0.29, 0.717) is 16.9 Å². The van der Waals surface area contributed by atoms with Crippen molar-refractivity contribution in [2.75, 3.05) is 5.32 Å². The topological polar surface area (TPSA) is 87.3 Å². The van der Waals surface area contributed by atoms with Gasteiger partial charge < -0.3 is 10.7 Å². The Kier molecular flexibility index (Phi) is 6.53. The molecule has 0 heterocycles. The SMILES string of the molecule is C=C(NNS(=O)(=O)c1ccc(Br)cc1)c1ccc(NC(=O)C2CCCC2)cc1. The van der Waals surface area contributed by atoms with E-state index in [2.05, 4.69) is 38.1 Å². The second-order valence-corrected chi connectivity index (χ2v) is 9.31. The van der Waals surface area contributed by atoms with Crippen molar-refractivity contribution in [1.82, 2.24) is 10.3 Å². The highest BCUT2D eigenvalue weighted by Gasteiger charge is 2.22. The first-order valence-electron chi connectivity index (χ1n) is 8.99. The Bertz CT molecular complexity index is 951. The summed E-state index contributed by atoms with van der Waals surface area (Å²) in [7, 11) is -3.71. The number of amides is 1. The maximum absolute atomic E-state index is 12.3. The first-order valence-corrected chi connectivity index (χ1v) is 11.3. The van der Waals surface area contributed by atoms with Crippen molar-refractivity contribution in [3.8, 4) is 0 Å². The van der Waals surface area contributed by atoms with Crippen LogP contribution in [0.25, 0.3) is 5.70 Å². The second-order valence-electron chi connectivity index (χ2n) is 6.71. The first kappa shape index (κ1) is 20.6. The number of nitrogens with one attached hydrogen (secondary N) is 3. The lowest BCUT2D eigenvalue weighted by molar-refractivity contribution is -0.119. The molecule has 0 saturated heterocycles. The highest BCUT2D eigenvalue weighted by Crippen LogP contribution is 2.26. The van der Waals surface area contributed by atoms with Crippen LogP contribution in [-0.4, -0.2) is 14.3 Å². The Morgan fingerprint density at radius 3 is 2.21 bits per heavy atom. The van der Waals surface area contributed by atoms with Crippen molar-refractivity contribution in [1.29, 1.82) is 0 Å². The molecule has 28 heavy (non-hydrogen) atoms. The molecule has 0 radical (unpaired) electrons. The molecule has 1 amide bonds. The number of carbonyl (C=O) groups is 1. The van der Waals surface area contributed by atoms with Gasteiger partial charge in [0.2, 0.25) is 5.91 Å². The predicted octanol–water partition coefficient (Wildman–Crippen LogP) is 4.03. The van der Waals surface area contributed by atoms with Crippen LogP contribution >= 0.6 is 15.9 Å². The molecule has 148 valence electrons. The lowest BCUT2D eigenvalue weighted by atomic mass is 10.1. The number of halogens is 1. The van der Waals surface area contributed by atoms with Crippen LogP contribution in [0, 0.1) is 5.92 Å². The third kappa shape index (κ3) is 5.21. The summed E-state index contributed by atoms with van der Waals surface area (Å²) in [6.45, 7) is 3.86. The molecule has 0 spiro atoms. The second kappa shape index (κ2) is 8.89. The molecule has 2 aromatic rings. The van der Waals surface area contributed by atoms with Crippen molar-refractivity contribution in [2.45, 2.75) is 30.6 Å². The fourth-order valence-corrected chi connectivity index (χ4v) is 4.19. The van der Waals surface area contributed by atoms with Crippen LogP contribution in [0.1, 0.15) is 31.2 Å². The molecule has 0 aliphatic heterocycles. The molecule has 2 aromatic carbocycles. The van der Waals surface area contributed by atoms with Gasteiger partial charge in [0.1, 0.15) is 0 Å². The minimum absolute atomic E-state index is 0.0597. The van der Waals surface area contributed by atoms with E-state index in [0.717, 1.165) is 30.2 Å². The normalized spacial score (nSPS) is 14.6. The van der Waals surface area contributed by atoms with Crippen LogP contribution in [-0.2, 0) is 14.8 Å². The molecular formula is C20H22BrN3O3S. The van der Waals surface area contributed by atoms with E-state index in [4.69, 9.17) is 0 Å². The highest BCUT2D eigenvalue weighted by atomic mass is 79.9. The summed E-state index contributed by atoms with van der Waals surface area (Å²) in [5, 5.41) is 2.93. The summed E-state index contributed by atoms with van der Waals surface area (Å²) in [6, 6.07) is 13.4. The fourth-order valence-electron chi connectivity index (χ4n) is 3.06. The number of anilines is 1. The minimum Gasteiger partial charge on any atom is -0.326 e. The monoisotopic (exact) mass is 463 g/mol. The van der Waals surface area contributed by atoms with E-state index in [1.54, 1.807) is 36.4 Å². The summed E-state index contributed by atoms with van der Waals surface area (Å²) in [5.74, 6) is 0.161. The van der Waals surface area contributed by atoms with Gasteiger partial charge in [0.15, 0.2) is 0 Å². The van der Waals surface area contributed by atoms with E-state index in [1.807, 2.05) is 0 Å². The number of rotatable bonds is 7. The average Bonchev–Trinajstić information content (AvgIpc) is 3.22. The lowest BCUT2D eigenvalue weighted by Gasteiger charge is -2.13. The van der Waals surface area contributed by atoms with Crippen molar-refractivity contribution in [2.24, 2.45) is 5.92 Å². The summed E-state index contributed by atoms with van der Waals surface area (Å²) >= 11 is 3.27. The molecule has 0 aromatic heterocycles. The number of hydrogen-bond donors (Lipinski definition) is 3. The van der Waals surface area contributed by atoms with E-state index < -0.39 is 10.0 Å². The smallest absolute Gasteiger partial charge is 0.257 e. The van der Waals surface area contributed by atoms with Crippen LogP contribution in [0.4, 0.5) is 5.69 Å². The maximum Gasteiger partial charge on any atom is 0.257 e. The largest absolute Gasteiger partial charge is 0.326 e. The van der Waals surface area contributed by atoms with E-state index in [9.17, 15) is 13.2 Å². The van der Waals surface area contributed by atoms with Gasteiger partial charge >= 0.3 is 0 Å². The standard InChI is InChI=1S/C20H22BrN3O3S/c1-14(23-24-28(26,27)19-12-8-17(21)9-13-19)15-6-10-18(11-7-15)22-20(25)16-4-2-3-5-16/h6-13,16,23-24H,1-5H2,(H,22,25). The molecule has 8 heteroatoms. The lowest BCUT2D eigenvalue weighted by Crippen LogP contribution is -2.35. The predicted molar refractivity (Wildman–Crippen MR) is 114 cm³/mol. The highest BCUT2D eigenvalue weighted by molar-refractivity contribution is 9.10. The third-order valence-corrected chi connectivity index (χ3v) is 6.48. The molecule has 0 unspecified atom stereocenters. The molecule has 0 atom stereocenters. The number of hydrazine groups is 1. The zero-order valence-electron chi connectivity index (χ0n) is 15.2. The number of hydrogen-bond acceptors (Lipinski definition) is 4. The fraction of sp³-hybridized carbons (Fsp3) is 0.250. The quantitative estimate of drug-likeness (QED) is 0.540. The molecule has 1 aliphatic carbocycles. The maximum atomic E-state index is 12.3. The van der Waals surface area contributed by atoms with E-state index in [1.165, 1.54) is 12.1 Å². The molecule has 3 rings (SSSR count). The van der Waals surface area contributed by atoms with Gasteiger partial charge in [-0.15, -0.1) is 4.83 Å². The Labute approximate surface area is 173 Å². The Hall–Kier alpha value is -2.16. The van der Waals surface area contributed by atoms with Crippen molar-refractivity contribution in [3.05, 3.63) is 65.1 Å². The van der Waals surface area contributed by atoms with Gasteiger partial charge in [-0.1, -0.05) is 47.5 Å². The Morgan fingerprint density at radius 1 is 1.00 bits per heavy atom. The number of carbonyl (C=O) groups excluding carboxylic acids is 1. The molecule has 6 nitrogen and oxygen atoms in total. The van der Waals surface area contributed by atoms with Gasteiger partial charge in [0.05, 0.1) is 4.90 Å². The van der Waals surface area contributed by atoms with Gasteiger partial charge in [0.25, 0.3) is 10.0 Å². The van der Waals surface area contributed by atoms with Crippen LogP contribution in [0.2, 0.25) is 0 Å². The van der Waals surface area contributed by atoms with E-state index >= 15 is 0 Å². The van der Waals surface area contributed by atoms with Gasteiger partial charge in [-0.05, 0) is 54.8 Å². The molecule has 1 fully saturated rings.